The van der Waals surface area contributed by atoms with Gasteiger partial charge >= 0.3 is 0 Å². The number of methoxy groups -OCH3 is 1. The van der Waals surface area contributed by atoms with Gasteiger partial charge in [-0.05, 0) is 25.1 Å². The van der Waals surface area contributed by atoms with E-state index in [1.54, 1.807) is 62.6 Å². The van der Waals surface area contributed by atoms with Crippen LogP contribution >= 0.6 is 0 Å². The molecule has 8 nitrogen and oxygen atoms in total. The Hall–Kier alpha value is -3.68. The van der Waals surface area contributed by atoms with Gasteiger partial charge in [0.1, 0.15) is 12.3 Å². The Morgan fingerprint density at radius 1 is 1.14 bits per heavy atom. The molecule has 0 spiro atoms. The smallest absolute Gasteiger partial charge is 0.275 e. The van der Waals surface area contributed by atoms with Crippen LogP contribution < -0.4 is 15.6 Å². The number of aromatic nitrogens is 2. The number of carbonyl (C=O) groups is 2. The van der Waals surface area contributed by atoms with Gasteiger partial charge in [0.2, 0.25) is 5.91 Å². The maximum Gasteiger partial charge on any atom is 0.275 e. The SMILES string of the molecule is CCN(CC(=O)Nc1cccc(OC)c1)C(=O)c1n[nH]c(=O)c2ccccc12. The predicted octanol–water partition coefficient (Wildman–Crippen LogP) is 2.03. The van der Waals surface area contributed by atoms with Gasteiger partial charge < -0.3 is 15.0 Å². The summed E-state index contributed by atoms with van der Waals surface area (Å²) < 4.78 is 5.13. The standard InChI is InChI=1S/C20H20N4O4/c1-3-24(12-17(25)21-13-7-6-8-14(11-13)28-2)20(27)18-15-9-4-5-10-16(15)19(26)23-22-18/h4-11H,3,12H2,1-2H3,(H,21,25)(H,23,26). The minimum absolute atomic E-state index is 0.103. The first-order chi connectivity index (χ1) is 13.5. The van der Waals surface area contributed by atoms with Crippen LogP contribution in [0.5, 0.6) is 5.75 Å². The van der Waals surface area contributed by atoms with Crippen molar-refractivity contribution in [3.05, 3.63) is 64.6 Å². The van der Waals surface area contributed by atoms with E-state index in [0.29, 0.717) is 28.8 Å². The number of carbonyl (C=O) groups excluding carboxylic acids is 2. The zero-order valence-electron chi connectivity index (χ0n) is 15.6. The summed E-state index contributed by atoms with van der Waals surface area (Å²) in [6.45, 7) is 1.92. The molecule has 2 aromatic carbocycles. The van der Waals surface area contributed by atoms with Crippen LogP contribution in [-0.4, -0.2) is 47.1 Å². The molecule has 0 fully saturated rings. The summed E-state index contributed by atoms with van der Waals surface area (Å²) in [7, 11) is 1.54. The van der Waals surface area contributed by atoms with Gasteiger partial charge in [0.25, 0.3) is 11.5 Å². The number of anilines is 1. The molecule has 0 saturated carbocycles. The van der Waals surface area contributed by atoms with Crippen molar-refractivity contribution in [3.8, 4) is 5.75 Å². The van der Waals surface area contributed by atoms with Gasteiger partial charge in [0.15, 0.2) is 5.69 Å². The Morgan fingerprint density at radius 3 is 2.61 bits per heavy atom. The third kappa shape index (κ3) is 4.01. The molecule has 0 aliphatic rings. The van der Waals surface area contributed by atoms with E-state index in [4.69, 9.17) is 4.74 Å². The topological polar surface area (TPSA) is 104 Å². The summed E-state index contributed by atoms with van der Waals surface area (Å²) in [6, 6.07) is 13.7. The maximum atomic E-state index is 12.9. The zero-order valence-corrected chi connectivity index (χ0v) is 15.6. The van der Waals surface area contributed by atoms with Crippen molar-refractivity contribution < 1.29 is 14.3 Å². The van der Waals surface area contributed by atoms with E-state index in [-0.39, 0.29) is 23.7 Å². The fourth-order valence-corrected chi connectivity index (χ4v) is 2.83. The molecule has 0 saturated heterocycles. The van der Waals surface area contributed by atoms with Gasteiger partial charge in [-0.15, -0.1) is 0 Å². The van der Waals surface area contributed by atoms with E-state index in [9.17, 15) is 14.4 Å². The second-order valence-electron chi connectivity index (χ2n) is 6.05. The van der Waals surface area contributed by atoms with Gasteiger partial charge in [-0.2, -0.15) is 5.10 Å². The first-order valence-corrected chi connectivity index (χ1v) is 8.74. The average Bonchev–Trinajstić information content (AvgIpc) is 2.72. The highest BCUT2D eigenvalue weighted by Gasteiger charge is 2.21. The summed E-state index contributed by atoms with van der Waals surface area (Å²) in [6.07, 6.45) is 0. The maximum absolute atomic E-state index is 12.9. The number of benzene rings is 2. The van der Waals surface area contributed by atoms with E-state index in [1.807, 2.05) is 0 Å². The summed E-state index contributed by atoms with van der Waals surface area (Å²) in [5.41, 5.74) is 0.303. The second kappa shape index (κ2) is 8.34. The third-order valence-corrected chi connectivity index (χ3v) is 4.26. The van der Waals surface area contributed by atoms with Gasteiger partial charge in [0, 0.05) is 23.7 Å². The van der Waals surface area contributed by atoms with Crippen LogP contribution in [0.15, 0.2) is 53.3 Å². The number of rotatable bonds is 6. The molecule has 144 valence electrons. The molecule has 1 heterocycles. The molecule has 0 unspecified atom stereocenters. The first kappa shape index (κ1) is 19.1. The van der Waals surface area contributed by atoms with Gasteiger partial charge in [0.05, 0.1) is 12.5 Å². The number of ether oxygens (including phenoxy) is 1. The lowest BCUT2D eigenvalue weighted by atomic mass is 10.1. The van der Waals surface area contributed by atoms with Crippen molar-refractivity contribution in [3.63, 3.8) is 0 Å². The van der Waals surface area contributed by atoms with Crippen molar-refractivity contribution in [1.82, 2.24) is 15.1 Å². The molecule has 3 aromatic rings. The fraction of sp³-hybridized carbons (Fsp3) is 0.200. The van der Waals surface area contributed by atoms with E-state index in [2.05, 4.69) is 15.5 Å². The lowest BCUT2D eigenvalue weighted by molar-refractivity contribution is -0.116. The molecule has 3 rings (SSSR count). The number of amides is 2. The molecular weight excluding hydrogens is 360 g/mol. The monoisotopic (exact) mass is 380 g/mol. The molecule has 2 amide bonds. The van der Waals surface area contributed by atoms with Crippen LogP contribution in [0.1, 0.15) is 17.4 Å². The normalized spacial score (nSPS) is 10.5. The van der Waals surface area contributed by atoms with Gasteiger partial charge in [-0.1, -0.05) is 24.3 Å². The summed E-state index contributed by atoms with van der Waals surface area (Å²) in [4.78, 5) is 38.6. The Balaban J connectivity index is 1.80. The van der Waals surface area contributed by atoms with Crippen LogP contribution in [-0.2, 0) is 4.79 Å². The lowest BCUT2D eigenvalue weighted by Crippen LogP contribution is -2.38. The largest absolute Gasteiger partial charge is 0.497 e. The quantitative estimate of drug-likeness (QED) is 0.681. The van der Waals surface area contributed by atoms with Crippen LogP contribution in [0.4, 0.5) is 5.69 Å². The third-order valence-electron chi connectivity index (χ3n) is 4.26. The van der Waals surface area contributed by atoms with Crippen molar-refractivity contribution >= 4 is 28.3 Å². The van der Waals surface area contributed by atoms with Crippen molar-refractivity contribution in [1.29, 1.82) is 0 Å². The Kier molecular flexibility index (Phi) is 5.69. The van der Waals surface area contributed by atoms with Gasteiger partial charge in [-0.3, -0.25) is 14.4 Å². The van der Waals surface area contributed by atoms with Crippen LogP contribution in [0.25, 0.3) is 10.8 Å². The highest BCUT2D eigenvalue weighted by atomic mass is 16.5. The molecule has 2 N–H and O–H groups in total. The number of nitrogens with one attached hydrogen (secondary N) is 2. The Morgan fingerprint density at radius 2 is 1.89 bits per heavy atom. The minimum Gasteiger partial charge on any atom is -0.497 e. The number of nitrogens with zero attached hydrogens (tertiary/aromatic N) is 2. The summed E-state index contributed by atoms with van der Waals surface area (Å²) in [5.74, 6) is -0.168. The number of fused-ring (bicyclic) bond motifs is 1. The Labute approximate surface area is 161 Å². The van der Waals surface area contributed by atoms with Crippen LogP contribution in [0.2, 0.25) is 0 Å². The molecule has 28 heavy (non-hydrogen) atoms. The summed E-state index contributed by atoms with van der Waals surface area (Å²) >= 11 is 0. The van der Waals surface area contributed by atoms with Crippen LogP contribution in [0.3, 0.4) is 0 Å². The second-order valence-corrected chi connectivity index (χ2v) is 6.05. The summed E-state index contributed by atoms with van der Waals surface area (Å²) in [5, 5.41) is 9.82. The molecule has 0 aliphatic heterocycles. The molecule has 0 aliphatic carbocycles. The highest BCUT2D eigenvalue weighted by molar-refractivity contribution is 6.06. The molecule has 1 aromatic heterocycles. The van der Waals surface area contributed by atoms with E-state index < -0.39 is 5.91 Å². The van der Waals surface area contributed by atoms with Crippen molar-refractivity contribution in [2.45, 2.75) is 6.92 Å². The fourth-order valence-electron chi connectivity index (χ4n) is 2.83. The predicted molar refractivity (Wildman–Crippen MR) is 106 cm³/mol. The van der Waals surface area contributed by atoms with Gasteiger partial charge in [-0.25, -0.2) is 5.10 Å². The lowest BCUT2D eigenvalue weighted by Gasteiger charge is -2.20. The molecular formula is C20H20N4O4. The number of hydrogen-bond acceptors (Lipinski definition) is 5. The molecule has 0 radical (unpaired) electrons. The highest BCUT2D eigenvalue weighted by Crippen LogP contribution is 2.17. The first-order valence-electron chi connectivity index (χ1n) is 8.74. The number of aromatic amines is 1. The Bertz CT molecular complexity index is 1080. The number of likely N-dealkylation sites (N-methyl/N-ethyl adjacent to an activating group) is 1. The van der Waals surface area contributed by atoms with E-state index in [1.165, 1.54) is 4.90 Å². The number of H-pyrrole nitrogens is 1. The zero-order chi connectivity index (χ0) is 20.1. The van der Waals surface area contributed by atoms with E-state index >= 15 is 0 Å². The molecule has 8 heteroatoms. The van der Waals surface area contributed by atoms with Crippen LogP contribution in [0, 0.1) is 0 Å². The molecule has 0 bridgehead atoms. The van der Waals surface area contributed by atoms with E-state index in [0.717, 1.165) is 0 Å². The number of hydrogen-bond donors (Lipinski definition) is 2. The average molecular weight is 380 g/mol. The molecule has 0 atom stereocenters. The van der Waals surface area contributed by atoms with Crippen molar-refractivity contribution in [2.75, 3.05) is 25.5 Å². The minimum atomic E-state index is -0.434. The van der Waals surface area contributed by atoms with Crippen molar-refractivity contribution in [2.24, 2.45) is 0 Å².